The van der Waals surface area contributed by atoms with Gasteiger partial charge in [0.15, 0.2) is 4.96 Å². The summed E-state index contributed by atoms with van der Waals surface area (Å²) in [5.41, 5.74) is 10.2. The molecule has 0 unspecified atom stereocenters. The van der Waals surface area contributed by atoms with Crippen molar-refractivity contribution >= 4 is 16.3 Å². The van der Waals surface area contributed by atoms with Crippen LogP contribution in [0.4, 0.5) is 0 Å². The molecule has 2 heterocycles. The van der Waals surface area contributed by atoms with Crippen LogP contribution in [-0.4, -0.2) is 22.5 Å². The Hall–Kier alpha value is -1.85. The number of nitrogens with two attached hydrogens (primary N) is 1. The van der Waals surface area contributed by atoms with E-state index in [0.29, 0.717) is 13.2 Å². The third-order valence-corrected chi connectivity index (χ3v) is 4.33. The minimum atomic E-state index is 0.622. The smallest absolute Gasteiger partial charge is 0.194 e. The van der Waals surface area contributed by atoms with Crippen molar-refractivity contribution < 1.29 is 4.74 Å². The first-order valence-electron chi connectivity index (χ1n) is 7.14. The second-order valence-corrected chi connectivity index (χ2v) is 5.69. The SMILES string of the molecule is CCOc1ccccc1-c1csc2nc(C)c(CCN)n12. The van der Waals surface area contributed by atoms with Crippen molar-refractivity contribution in [3.8, 4) is 17.0 Å². The predicted octanol–water partition coefficient (Wildman–Crippen LogP) is 3.27. The van der Waals surface area contributed by atoms with Crippen molar-refractivity contribution in [3.05, 3.63) is 41.0 Å². The van der Waals surface area contributed by atoms with Crippen molar-refractivity contribution in [1.82, 2.24) is 9.38 Å². The maximum Gasteiger partial charge on any atom is 0.194 e. The Kier molecular flexibility index (Phi) is 3.94. The first-order chi connectivity index (χ1) is 10.3. The summed E-state index contributed by atoms with van der Waals surface area (Å²) in [4.78, 5) is 5.65. The van der Waals surface area contributed by atoms with Crippen LogP contribution >= 0.6 is 11.3 Å². The number of benzene rings is 1. The molecule has 3 aromatic rings. The first-order valence-corrected chi connectivity index (χ1v) is 8.02. The van der Waals surface area contributed by atoms with Crippen LogP contribution in [0.2, 0.25) is 0 Å². The molecular formula is C16H19N3OS. The molecule has 3 rings (SSSR count). The Morgan fingerprint density at radius 2 is 2.14 bits per heavy atom. The zero-order valence-electron chi connectivity index (χ0n) is 12.3. The summed E-state index contributed by atoms with van der Waals surface area (Å²) in [6.07, 6.45) is 0.827. The second-order valence-electron chi connectivity index (χ2n) is 4.85. The summed E-state index contributed by atoms with van der Waals surface area (Å²) in [5, 5.41) is 2.14. The zero-order valence-corrected chi connectivity index (χ0v) is 13.1. The van der Waals surface area contributed by atoms with Gasteiger partial charge in [-0.25, -0.2) is 4.98 Å². The Morgan fingerprint density at radius 3 is 2.90 bits per heavy atom. The van der Waals surface area contributed by atoms with Crippen LogP contribution in [0, 0.1) is 6.92 Å². The minimum Gasteiger partial charge on any atom is -0.493 e. The van der Waals surface area contributed by atoms with Gasteiger partial charge >= 0.3 is 0 Å². The van der Waals surface area contributed by atoms with Crippen molar-refractivity contribution in [2.24, 2.45) is 5.73 Å². The molecule has 2 aromatic heterocycles. The summed E-state index contributed by atoms with van der Waals surface area (Å²) in [7, 11) is 0. The second kappa shape index (κ2) is 5.87. The number of hydrogen-bond acceptors (Lipinski definition) is 4. The van der Waals surface area contributed by atoms with E-state index < -0.39 is 0 Å². The number of hydrogen-bond donors (Lipinski definition) is 1. The van der Waals surface area contributed by atoms with Gasteiger partial charge in [0.25, 0.3) is 0 Å². The highest BCUT2D eigenvalue weighted by Gasteiger charge is 2.16. The predicted molar refractivity (Wildman–Crippen MR) is 87.2 cm³/mol. The van der Waals surface area contributed by atoms with Gasteiger partial charge < -0.3 is 10.5 Å². The lowest BCUT2D eigenvalue weighted by Gasteiger charge is -2.10. The average molecular weight is 301 g/mol. The number of aryl methyl sites for hydroxylation is 1. The van der Waals surface area contributed by atoms with Crippen LogP contribution in [0.25, 0.3) is 16.2 Å². The quantitative estimate of drug-likeness (QED) is 0.787. The van der Waals surface area contributed by atoms with E-state index in [1.54, 1.807) is 11.3 Å². The number of ether oxygens (including phenoxy) is 1. The van der Waals surface area contributed by atoms with E-state index in [2.05, 4.69) is 20.8 Å². The van der Waals surface area contributed by atoms with Crippen LogP contribution in [0.5, 0.6) is 5.75 Å². The molecular weight excluding hydrogens is 282 g/mol. The molecule has 21 heavy (non-hydrogen) atoms. The van der Waals surface area contributed by atoms with Gasteiger partial charge in [0.2, 0.25) is 0 Å². The monoisotopic (exact) mass is 301 g/mol. The van der Waals surface area contributed by atoms with E-state index in [4.69, 9.17) is 10.5 Å². The van der Waals surface area contributed by atoms with Gasteiger partial charge in [-0.3, -0.25) is 4.40 Å². The zero-order chi connectivity index (χ0) is 14.8. The summed E-state index contributed by atoms with van der Waals surface area (Å²) in [5.74, 6) is 0.907. The Balaban J connectivity index is 2.21. The van der Waals surface area contributed by atoms with E-state index in [1.165, 1.54) is 5.69 Å². The summed E-state index contributed by atoms with van der Waals surface area (Å²) >= 11 is 1.65. The van der Waals surface area contributed by atoms with Crippen molar-refractivity contribution in [1.29, 1.82) is 0 Å². The van der Waals surface area contributed by atoms with Gasteiger partial charge in [0.1, 0.15) is 5.75 Å². The molecule has 0 fully saturated rings. The summed E-state index contributed by atoms with van der Waals surface area (Å²) < 4.78 is 7.98. The van der Waals surface area contributed by atoms with Gasteiger partial charge in [-0.05, 0) is 32.5 Å². The van der Waals surface area contributed by atoms with Crippen LogP contribution in [0.1, 0.15) is 18.3 Å². The molecule has 0 saturated carbocycles. The largest absolute Gasteiger partial charge is 0.493 e. The fourth-order valence-electron chi connectivity index (χ4n) is 2.60. The normalized spacial score (nSPS) is 11.2. The fourth-order valence-corrected chi connectivity index (χ4v) is 3.55. The maximum atomic E-state index is 5.76. The standard InChI is InChI=1S/C16H19N3OS/c1-3-20-15-7-5-4-6-12(15)14-10-21-16-18-11(2)13(8-9-17)19(14)16/h4-7,10H,3,8-9,17H2,1-2H3. The average Bonchev–Trinajstić information content (AvgIpc) is 3.01. The molecule has 0 aliphatic rings. The molecule has 1 aromatic carbocycles. The van der Waals surface area contributed by atoms with Gasteiger partial charge in [0, 0.05) is 23.1 Å². The lowest BCUT2D eigenvalue weighted by molar-refractivity contribution is 0.341. The van der Waals surface area contributed by atoms with Crippen molar-refractivity contribution in [2.75, 3.05) is 13.2 Å². The highest BCUT2D eigenvalue weighted by molar-refractivity contribution is 7.15. The van der Waals surface area contributed by atoms with Gasteiger partial charge in [-0.15, -0.1) is 11.3 Å². The molecule has 0 radical (unpaired) electrons. The molecule has 0 aliphatic carbocycles. The molecule has 110 valence electrons. The number of imidazole rings is 1. The Bertz CT molecular complexity index is 760. The van der Waals surface area contributed by atoms with E-state index in [1.807, 2.05) is 32.0 Å². The summed E-state index contributed by atoms with van der Waals surface area (Å²) in [6.45, 7) is 5.32. The number of fused-ring (bicyclic) bond motifs is 1. The number of thiazole rings is 1. The molecule has 0 atom stereocenters. The Morgan fingerprint density at radius 1 is 1.33 bits per heavy atom. The van der Waals surface area contributed by atoms with Crippen LogP contribution in [0.15, 0.2) is 29.6 Å². The molecule has 2 N–H and O–H groups in total. The van der Waals surface area contributed by atoms with Crippen molar-refractivity contribution in [2.45, 2.75) is 20.3 Å². The molecule has 0 spiro atoms. The first kappa shape index (κ1) is 14.1. The topological polar surface area (TPSA) is 52.5 Å². The molecule has 4 nitrogen and oxygen atoms in total. The van der Waals surface area contributed by atoms with E-state index in [9.17, 15) is 0 Å². The van der Waals surface area contributed by atoms with E-state index in [0.717, 1.165) is 34.1 Å². The molecule has 0 bridgehead atoms. The number of rotatable bonds is 5. The third-order valence-electron chi connectivity index (χ3n) is 3.50. The highest BCUT2D eigenvalue weighted by atomic mass is 32.1. The summed E-state index contributed by atoms with van der Waals surface area (Å²) in [6, 6.07) is 8.13. The minimum absolute atomic E-state index is 0.622. The highest BCUT2D eigenvalue weighted by Crippen LogP contribution is 2.34. The Labute approximate surface area is 128 Å². The van der Waals surface area contributed by atoms with E-state index >= 15 is 0 Å². The van der Waals surface area contributed by atoms with Gasteiger partial charge in [-0.2, -0.15) is 0 Å². The van der Waals surface area contributed by atoms with Crippen LogP contribution in [-0.2, 0) is 6.42 Å². The third kappa shape index (κ3) is 2.43. The fraction of sp³-hybridized carbons (Fsp3) is 0.312. The molecule has 0 saturated heterocycles. The number of nitrogens with zero attached hydrogens (tertiary/aromatic N) is 2. The lowest BCUT2D eigenvalue weighted by Crippen LogP contribution is -2.06. The van der Waals surface area contributed by atoms with Crippen molar-refractivity contribution in [3.63, 3.8) is 0 Å². The maximum absolute atomic E-state index is 5.76. The molecule has 0 aliphatic heterocycles. The van der Waals surface area contributed by atoms with Gasteiger partial charge in [-0.1, -0.05) is 12.1 Å². The number of aromatic nitrogens is 2. The van der Waals surface area contributed by atoms with Crippen LogP contribution in [0.3, 0.4) is 0 Å². The lowest BCUT2D eigenvalue weighted by atomic mass is 10.1. The van der Waals surface area contributed by atoms with Gasteiger partial charge in [0.05, 0.1) is 18.0 Å². The number of para-hydroxylation sites is 1. The molecule has 5 heteroatoms. The van der Waals surface area contributed by atoms with Crippen LogP contribution < -0.4 is 10.5 Å². The molecule has 0 amide bonds. The van der Waals surface area contributed by atoms with E-state index in [-0.39, 0.29) is 0 Å².